The summed E-state index contributed by atoms with van der Waals surface area (Å²) in [7, 11) is -4.22. The summed E-state index contributed by atoms with van der Waals surface area (Å²) in [5, 5.41) is 8.57. The molecule has 0 rings (SSSR count). The molecule has 0 aromatic rings. The zero-order valence-corrected chi connectivity index (χ0v) is 14.7. The van der Waals surface area contributed by atoms with E-state index in [2.05, 4.69) is 6.92 Å². The molecule has 0 spiro atoms. The quantitative estimate of drug-likeness (QED) is 0.332. The number of unbranched alkanes of at least 4 members (excludes halogenated alkanes) is 3. The van der Waals surface area contributed by atoms with Crippen LogP contribution in [0.5, 0.6) is 0 Å². The van der Waals surface area contributed by atoms with E-state index in [9.17, 15) is 18.1 Å². The van der Waals surface area contributed by atoms with Gasteiger partial charge in [-0.1, -0.05) is 39.5 Å². The first-order chi connectivity index (χ1) is 7.91. The van der Waals surface area contributed by atoms with Gasteiger partial charge in [0.1, 0.15) is 0 Å². The van der Waals surface area contributed by atoms with E-state index in [0.717, 1.165) is 25.7 Å². The summed E-state index contributed by atoms with van der Waals surface area (Å²) in [5.41, 5.74) is 0. The molecule has 1 N–H and O–H groups in total. The molecule has 0 heterocycles. The van der Waals surface area contributed by atoms with Crippen LogP contribution in [0.15, 0.2) is 0 Å². The van der Waals surface area contributed by atoms with Crippen LogP contribution in [0, 0.1) is 0 Å². The van der Waals surface area contributed by atoms with Gasteiger partial charge in [-0.2, -0.15) is 0 Å². The summed E-state index contributed by atoms with van der Waals surface area (Å²) in [6.07, 6.45) is 5.13. The number of hydrogen-bond donors (Lipinski definition) is 1. The number of aliphatic hydroxyl groups excluding tert-OH is 1. The third-order valence-electron chi connectivity index (χ3n) is 3.08. The summed E-state index contributed by atoms with van der Waals surface area (Å²) >= 11 is 0. The van der Waals surface area contributed by atoms with Crippen LogP contribution >= 0.6 is 0 Å². The minimum Gasteiger partial charge on any atom is -0.748 e. The van der Waals surface area contributed by atoms with Crippen LogP contribution in [0.2, 0.25) is 0 Å². The molecule has 104 valence electrons. The van der Waals surface area contributed by atoms with E-state index in [0.29, 0.717) is 19.3 Å². The van der Waals surface area contributed by atoms with Crippen molar-refractivity contribution in [3.05, 3.63) is 0 Å². The number of aliphatic hydroxyl groups is 1. The second-order valence-electron chi connectivity index (χ2n) is 4.60. The Bertz CT molecular complexity index is 280. The van der Waals surface area contributed by atoms with Crippen molar-refractivity contribution in [2.24, 2.45) is 0 Å². The fraction of sp³-hybridized carbons (Fsp3) is 1.00. The summed E-state index contributed by atoms with van der Waals surface area (Å²) in [6.45, 7) is 3.92. The first-order valence-electron chi connectivity index (χ1n) is 6.54. The monoisotopic (exact) mass is 288 g/mol. The molecule has 2 atom stereocenters. The van der Waals surface area contributed by atoms with Gasteiger partial charge in [-0.05, 0) is 25.7 Å². The average Bonchev–Trinajstić information content (AvgIpc) is 2.25. The van der Waals surface area contributed by atoms with E-state index in [4.69, 9.17) is 0 Å². The van der Waals surface area contributed by atoms with Gasteiger partial charge in [0, 0.05) is 5.25 Å². The maximum absolute atomic E-state index is 11.1. The van der Waals surface area contributed by atoms with Gasteiger partial charge in [0.15, 0.2) is 0 Å². The van der Waals surface area contributed by atoms with Crippen molar-refractivity contribution in [1.29, 1.82) is 0 Å². The zero-order chi connectivity index (χ0) is 13.3. The third-order valence-corrected chi connectivity index (χ3v) is 4.37. The van der Waals surface area contributed by atoms with Crippen LogP contribution in [0.25, 0.3) is 0 Å². The molecule has 0 aliphatic heterocycles. The minimum atomic E-state index is -4.22. The SMILES string of the molecule is CCCCCCC(CCC(O)CC)S(=O)(=O)[O-].[Na+]. The second-order valence-corrected chi connectivity index (χ2v) is 6.26. The van der Waals surface area contributed by atoms with Crippen molar-refractivity contribution < 1.29 is 47.6 Å². The van der Waals surface area contributed by atoms with E-state index in [1.54, 1.807) is 0 Å². The molecule has 0 saturated heterocycles. The van der Waals surface area contributed by atoms with Crippen molar-refractivity contribution in [3.8, 4) is 0 Å². The van der Waals surface area contributed by atoms with E-state index in [-0.39, 0.29) is 36.0 Å². The van der Waals surface area contributed by atoms with Gasteiger partial charge in [0.05, 0.1) is 16.2 Å². The Balaban J connectivity index is 0. The molecule has 4 nitrogen and oxygen atoms in total. The Hall–Kier alpha value is 0.870. The predicted molar refractivity (Wildman–Crippen MR) is 67.8 cm³/mol. The first kappa shape index (κ1) is 21.2. The molecule has 0 aromatic heterocycles. The van der Waals surface area contributed by atoms with Crippen molar-refractivity contribution >= 4 is 10.1 Å². The Kier molecular flexibility index (Phi) is 13.7. The third kappa shape index (κ3) is 10.8. The van der Waals surface area contributed by atoms with E-state index < -0.39 is 21.5 Å². The largest absolute Gasteiger partial charge is 1.00 e. The number of rotatable bonds is 10. The topological polar surface area (TPSA) is 77.4 Å². The molecular weight excluding hydrogens is 263 g/mol. The fourth-order valence-corrected chi connectivity index (χ4v) is 2.69. The van der Waals surface area contributed by atoms with Gasteiger partial charge in [-0.25, -0.2) is 8.42 Å². The Morgan fingerprint density at radius 2 is 1.67 bits per heavy atom. The van der Waals surface area contributed by atoms with E-state index in [1.165, 1.54) is 0 Å². The molecule has 0 bridgehead atoms. The van der Waals surface area contributed by atoms with Gasteiger partial charge in [-0.15, -0.1) is 0 Å². The fourth-order valence-electron chi connectivity index (χ4n) is 1.81. The molecule has 2 unspecified atom stereocenters. The number of hydrogen-bond acceptors (Lipinski definition) is 4. The standard InChI is InChI=1S/C12H26O4S.Na/c1-3-5-6-7-8-12(17(14,15)16)10-9-11(13)4-2;/h11-13H,3-10H2,1-2H3,(H,14,15,16);/q;+1/p-1. The maximum Gasteiger partial charge on any atom is 1.00 e. The predicted octanol–water partition coefficient (Wildman–Crippen LogP) is -0.574. The van der Waals surface area contributed by atoms with Gasteiger partial charge in [-0.3, -0.25) is 0 Å². The van der Waals surface area contributed by atoms with Crippen LogP contribution in [0.4, 0.5) is 0 Å². The van der Waals surface area contributed by atoms with E-state index in [1.807, 2.05) is 6.92 Å². The maximum atomic E-state index is 11.1. The van der Waals surface area contributed by atoms with Gasteiger partial charge < -0.3 is 9.66 Å². The summed E-state index contributed by atoms with van der Waals surface area (Å²) in [6, 6.07) is 0. The second kappa shape index (κ2) is 11.7. The van der Waals surface area contributed by atoms with Crippen LogP contribution < -0.4 is 29.6 Å². The molecule has 18 heavy (non-hydrogen) atoms. The van der Waals surface area contributed by atoms with Crippen LogP contribution in [-0.4, -0.2) is 29.4 Å². The van der Waals surface area contributed by atoms with Gasteiger partial charge in [0.2, 0.25) is 0 Å². The Labute approximate surface area is 134 Å². The van der Waals surface area contributed by atoms with Crippen LogP contribution in [-0.2, 0) is 10.1 Å². The molecule has 0 aliphatic carbocycles. The smallest absolute Gasteiger partial charge is 0.748 e. The zero-order valence-electron chi connectivity index (χ0n) is 11.9. The molecule has 0 saturated carbocycles. The summed E-state index contributed by atoms with van der Waals surface area (Å²) in [5.74, 6) is 0. The summed E-state index contributed by atoms with van der Waals surface area (Å²) < 4.78 is 33.2. The summed E-state index contributed by atoms with van der Waals surface area (Å²) in [4.78, 5) is 0. The van der Waals surface area contributed by atoms with Crippen molar-refractivity contribution in [2.75, 3.05) is 0 Å². The molecule has 0 amide bonds. The molecule has 0 aromatic carbocycles. The van der Waals surface area contributed by atoms with Crippen LogP contribution in [0.1, 0.15) is 65.2 Å². The Morgan fingerprint density at radius 1 is 1.06 bits per heavy atom. The average molecular weight is 288 g/mol. The van der Waals surface area contributed by atoms with Crippen LogP contribution in [0.3, 0.4) is 0 Å². The molecule has 0 radical (unpaired) electrons. The molecule has 0 aliphatic rings. The van der Waals surface area contributed by atoms with Gasteiger partial charge >= 0.3 is 29.6 Å². The van der Waals surface area contributed by atoms with Crippen molar-refractivity contribution in [3.63, 3.8) is 0 Å². The van der Waals surface area contributed by atoms with Crippen molar-refractivity contribution in [2.45, 2.75) is 76.6 Å². The minimum absolute atomic E-state index is 0. The normalized spacial score (nSPS) is 14.9. The molecule has 6 heteroatoms. The Morgan fingerprint density at radius 3 is 2.11 bits per heavy atom. The molecule has 0 fully saturated rings. The van der Waals surface area contributed by atoms with E-state index >= 15 is 0 Å². The molecular formula is C12H25NaO4S. The van der Waals surface area contributed by atoms with Gasteiger partial charge in [0.25, 0.3) is 0 Å². The first-order valence-corrected chi connectivity index (χ1v) is 8.01. The van der Waals surface area contributed by atoms with Crippen molar-refractivity contribution in [1.82, 2.24) is 0 Å².